The van der Waals surface area contributed by atoms with E-state index in [2.05, 4.69) is 38.1 Å². The molecular formula is C12H18BrN3O. The van der Waals surface area contributed by atoms with E-state index in [1.807, 2.05) is 0 Å². The van der Waals surface area contributed by atoms with E-state index in [0.717, 1.165) is 36.1 Å². The molecule has 0 aromatic carbocycles. The quantitative estimate of drug-likeness (QED) is 0.901. The Morgan fingerprint density at radius 1 is 1.41 bits per heavy atom. The summed E-state index contributed by atoms with van der Waals surface area (Å²) < 4.78 is 0.855. The summed E-state index contributed by atoms with van der Waals surface area (Å²) in [6.07, 6.45) is 7.30. The van der Waals surface area contributed by atoms with Crippen LogP contribution in [0.1, 0.15) is 32.6 Å². The number of halogens is 1. The number of anilines is 1. The van der Waals surface area contributed by atoms with Gasteiger partial charge in [0, 0.05) is 18.9 Å². The monoisotopic (exact) mass is 299 g/mol. The van der Waals surface area contributed by atoms with Crippen molar-refractivity contribution in [2.45, 2.75) is 38.2 Å². The maximum Gasteiger partial charge on any atom is 0.222 e. The predicted octanol–water partition coefficient (Wildman–Crippen LogP) is 2.59. The number of aliphatic hydroxyl groups is 1. The third kappa shape index (κ3) is 3.64. The number of rotatable bonds is 3. The van der Waals surface area contributed by atoms with Gasteiger partial charge in [-0.05, 0) is 47.5 Å². The third-order valence-corrected chi connectivity index (χ3v) is 3.81. The van der Waals surface area contributed by atoms with Crippen molar-refractivity contribution in [1.29, 1.82) is 0 Å². The summed E-state index contributed by atoms with van der Waals surface area (Å²) in [5.74, 6) is 1.31. The molecule has 0 aliphatic heterocycles. The zero-order chi connectivity index (χ0) is 12.3. The van der Waals surface area contributed by atoms with E-state index in [9.17, 15) is 5.11 Å². The molecule has 5 heteroatoms. The molecule has 1 heterocycles. The molecule has 1 saturated carbocycles. The number of hydrogen-bond donors (Lipinski definition) is 2. The topological polar surface area (TPSA) is 58.0 Å². The van der Waals surface area contributed by atoms with Crippen molar-refractivity contribution in [2.75, 3.05) is 11.9 Å². The fourth-order valence-corrected chi connectivity index (χ4v) is 2.33. The Hall–Kier alpha value is -0.680. The third-order valence-electron chi connectivity index (χ3n) is 3.40. The normalized spacial score (nSPS) is 29.0. The molecule has 2 rings (SSSR count). The number of hydrogen-bond acceptors (Lipinski definition) is 4. The minimum atomic E-state index is -0.594. The van der Waals surface area contributed by atoms with E-state index >= 15 is 0 Å². The van der Waals surface area contributed by atoms with Crippen molar-refractivity contribution in [3.63, 3.8) is 0 Å². The molecular weight excluding hydrogens is 282 g/mol. The highest BCUT2D eigenvalue weighted by Gasteiger charge is 2.31. The van der Waals surface area contributed by atoms with Crippen molar-refractivity contribution in [2.24, 2.45) is 5.92 Å². The average molecular weight is 300 g/mol. The second-order valence-electron chi connectivity index (χ2n) is 4.99. The van der Waals surface area contributed by atoms with Crippen molar-refractivity contribution in [3.05, 3.63) is 16.9 Å². The van der Waals surface area contributed by atoms with Gasteiger partial charge in [-0.1, -0.05) is 6.92 Å². The Balaban J connectivity index is 1.87. The fourth-order valence-electron chi connectivity index (χ4n) is 2.12. The van der Waals surface area contributed by atoms with Gasteiger partial charge in [0.1, 0.15) is 0 Å². The number of nitrogens with one attached hydrogen (secondary N) is 1. The largest absolute Gasteiger partial charge is 0.388 e. The van der Waals surface area contributed by atoms with E-state index in [1.165, 1.54) is 0 Å². The van der Waals surface area contributed by atoms with Gasteiger partial charge >= 0.3 is 0 Å². The molecule has 0 spiro atoms. The Bertz CT molecular complexity index is 361. The van der Waals surface area contributed by atoms with Gasteiger partial charge in [-0.25, -0.2) is 9.97 Å². The summed E-state index contributed by atoms with van der Waals surface area (Å²) in [6.45, 7) is 2.77. The van der Waals surface area contributed by atoms with Crippen LogP contribution in [0.5, 0.6) is 0 Å². The second-order valence-corrected chi connectivity index (χ2v) is 5.90. The van der Waals surface area contributed by atoms with Crippen LogP contribution < -0.4 is 5.32 Å². The van der Waals surface area contributed by atoms with Gasteiger partial charge < -0.3 is 10.4 Å². The molecule has 1 fully saturated rings. The van der Waals surface area contributed by atoms with Gasteiger partial charge in [0.15, 0.2) is 0 Å². The molecule has 4 nitrogen and oxygen atoms in total. The van der Waals surface area contributed by atoms with Gasteiger partial charge in [0.2, 0.25) is 5.95 Å². The van der Waals surface area contributed by atoms with Crippen LogP contribution in [0.2, 0.25) is 0 Å². The van der Waals surface area contributed by atoms with E-state index in [1.54, 1.807) is 12.4 Å². The summed E-state index contributed by atoms with van der Waals surface area (Å²) in [4.78, 5) is 8.26. The second kappa shape index (κ2) is 5.31. The van der Waals surface area contributed by atoms with Gasteiger partial charge in [-0.2, -0.15) is 0 Å². The molecule has 0 atom stereocenters. The van der Waals surface area contributed by atoms with Gasteiger partial charge in [0.25, 0.3) is 0 Å². The summed E-state index contributed by atoms with van der Waals surface area (Å²) in [5, 5.41) is 13.5. The van der Waals surface area contributed by atoms with Crippen LogP contribution in [-0.2, 0) is 0 Å². The Kier molecular flexibility index (Phi) is 3.99. The maximum atomic E-state index is 10.4. The lowest BCUT2D eigenvalue weighted by atomic mass is 9.79. The highest BCUT2D eigenvalue weighted by atomic mass is 79.9. The molecule has 17 heavy (non-hydrogen) atoms. The van der Waals surface area contributed by atoms with Crippen LogP contribution in [0.3, 0.4) is 0 Å². The average Bonchev–Trinajstić information content (AvgIpc) is 2.33. The first-order chi connectivity index (χ1) is 8.07. The molecule has 0 radical (unpaired) electrons. The Morgan fingerprint density at radius 3 is 2.59 bits per heavy atom. The van der Waals surface area contributed by atoms with Gasteiger partial charge in [0.05, 0.1) is 10.1 Å². The highest BCUT2D eigenvalue weighted by molar-refractivity contribution is 9.10. The van der Waals surface area contributed by atoms with Crippen molar-refractivity contribution >= 4 is 21.9 Å². The first-order valence-electron chi connectivity index (χ1n) is 6.01. The lowest BCUT2D eigenvalue weighted by molar-refractivity contribution is 0.00487. The minimum absolute atomic E-state index is 0.529. The Morgan fingerprint density at radius 2 is 2.00 bits per heavy atom. The number of aromatic nitrogens is 2. The molecule has 1 aromatic rings. The molecule has 1 aromatic heterocycles. The highest BCUT2D eigenvalue weighted by Crippen LogP contribution is 2.31. The summed E-state index contributed by atoms with van der Waals surface area (Å²) in [7, 11) is 0. The zero-order valence-electron chi connectivity index (χ0n) is 9.99. The number of nitrogens with zero attached hydrogens (tertiary/aromatic N) is 2. The zero-order valence-corrected chi connectivity index (χ0v) is 11.6. The van der Waals surface area contributed by atoms with Crippen LogP contribution in [0, 0.1) is 5.92 Å². The Labute approximate surface area is 110 Å². The van der Waals surface area contributed by atoms with Gasteiger partial charge in [-0.3, -0.25) is 0 Å². The summed E-state index contributed by atoms with van der Waals surface area (Å²) >= 11 is 3.29. The lowest BCUT2D eigenvalue weighted by Gasteiger charge is -2.34. The molecule has 0 amide bonds. The first-order valence-corrected chi connectivity index (χ1v) is 6.80. The first kappa shape index (κ1) is 12.8. The molecule has 0 bridgehead atoms. The maximum absolute atomic E-state index is 10.4. The van der Waals surface area contributed by atoms with Crippen LogP contribution >= 0.6 is 15.9 Å². The van der Waals surface area contributed by atoms with Crippen LogP contribution in [0.4, 0.5) is 5.95 Å². The summed E-state index contributed by atoms with van der Waals surface area (Å²) in [5.41, 5.74) is -0.594. The molecule has 1 aliphatic rings. The molecule has 94 valence electrons. The summed E-state index contributed by atoms with van der Waals surface area (Å²) in [6, 6.07) is 0. The van der Waals surface area contributed by atoms with Crippen LogP contribution in [0.15, 0.2) is 16.9 Å². The fraction of sp³-hybridized carbons (Fsp3) is 0.667. The van der Waals surface area contributed by atoms with Crippen molar-refractivity contribution in [1.82, 2.24) is 9.97 Å². The van der Waals surface area contributed by atoms with Gasteiger partial charge in [-0.15, -0.1) is 0 Å². The molecule has 0 unspecified atom stereocenters. The van der Waals surface area contributed by atoms with Crippen LogP contribution in [-0.4, -0.2) is 27.2 Å². The van der Waals surface area contributed by atoms with Crippen LogP contribution in [0.25, 0.3) is 0 Å². The predicted molar refractivity (Wildman–Crippen MR) is 70.8 cm³/mol. The SMILES string of the molecule is CC1CCC(O)(CNc2ncc(Br)cn2)CC1. The molecule has 1 aliphatic carbocycles. The van der Waals surface area contributed by atoms with E-state index < -0.39 is 5.60 Å². The standard InChI is InChI=1S/C12H18BrN3O/c1-9-2-4-12(17,5-3-9)8-16-11-14-6-10(13)7-15-11/h6-7,9,17H,2-5,8H2,1H3,(H,14,15,16). The van der Waals surface area contributed by atoms with Crippen molar-refractivity contribution < 1.29 is 5.11 Å². The van der Waals surface area contributed by atoms with E-state index in [-0.39, 0.29) is 0 Å². The van der Waals surface area contributed by atoms with E-state index in [0.29, 0.717) is 12.5 Å². The molecule has 0 saturated heterocycles. The lowest BCUT2D eigenvalue weighted by Crippen LogP contribution is -2.40. The molecule has 2 N–H and O–H groups in total. The smallest absolute Gasteiger partial charge is 0.222 e. The minimum Gasteiger partial charge on any atom is -0.388 e. The van der Waals surface area contributed by atoms with E-state index in [4.69, 9.17) is 0 Å². The van der Waals surface area contributed by atoms with Crippen molar-refractivity contribution in [3.8, 4) is 0 Å².